The van der Waals surface area contributed by atoms with E-state index in [-0.39, 0.29) is 18.7 Å². The second-order valence-corrected chi connectivity index (χ2v) is 5.97. The lowest BCUT2D eigenvalue weighted by Gasteiger charge is -2.10. The summed E-state index contributed by atoms with van der Waals surface area (Å²) in [5.41, 5.74) is 3.43. The monoisotopic (exact) mass is 361 g/mol. The van der Waals surface area contributed by atoms with Gasteiger partial charge in [0.15, 0.2) is 0 Å². The van der Waals surface area contributed by atoms with Crippen molar-refractivity contribution in [2.24, 2.45) is 0 Å². The minimum atomic E-state index is -0.974. The zero-order valence-corrected chi connectivity index (χ0v) is 14.6. The Kier molecular flexibility index (Phi) is 5.84. The molecule has 0 unspecified atom stereocenters. The van der Waals surface area contributed by atoms with Crippen molar-refractivity contribution >= 4 is 12.1 Å². The van der Waals surface area contributed by atoms with E-state index in [9.17, 15) is 14.7 Å². The molecule has 0 radical (unpaired) electrons. The van der Waals surface area contributed by atoms with Crippen LogP contribution in [0.5, 0.6) is 0 Å². The average molecular weight is 361 g/mol. The molecule has 0 spiro atoms. The first kappa shape index (κ1) is 18.2. The summed E-state index contributed by atoms with van der Waals surface area (Å²) in [6.45, 7) is 0.495. The Labute approximate surface area is 157 Å². The van der Waals surface area contributed by atoms with Crippen LogP contribution >= 0.6 is 0 Å². The maximum absolute atomic E-state index is 11.9. The molecule has 0 bridgehead atoms. The van der Waals surface area contributed by atoms with Crippen molar-refractivity contribution in [3.8, 4) is 11.1 Å². The number of aromatic carboxylic acids is 1. The van der Waals surface area contributed by atoms with E-state index in [1.807, 2.05) is 54.6 Å². The highest BCUT2D eigenvalue weighted by atomic mass is 16.5. The van der Waals surface area contributed by atoms with E-state index in [4.69, 9.17) is 4.74 Å². The Morgan fingerprint density at radius 1 is 0.852 bits per heavy atom. The van der Waals surface area contributed by atoms with Gasteiger partial charge < -0.3 is 15.2 Å². The zero-order chi connectivity index (χ0) is 19.1. The maximum atomic E-state index is 11.9. The predicted molar refractivity (Wildman–Crippen MR) is 102 cm³/mol. The van der Waals surface area contributed by atoms with Crippen molar-refractivity contribution in [1.82, 2.24) is 5.32 Å². The van der Waals surface area contributed by atoms with Gasteiger partial charge in [-0.2, -0.15) is 0 Å². The van der Waals surface area contributed by atoms with Gasteiger partial charge in [0.25, 0.3) is 0 Å². The number of amides is 1. The first-order valence-corrected chi connectivity index (χ1v) is 8.49. The molecule has 136 valence electrons. The summed E-state index contributed by atoms with van der Waals surface area (Å²) in [4.78, 5) is 23.3. The highest BCUT2D eigenvalue weighted by molar-refractivity contribution is 5.96. The normalized spacial score (nSPS) is 10.2. The largest absolute Gasteiger partial charge is 0.478 e. The van der Waals surface area contributed by atoms with Crippen LogP contribution in [0, 0.1) is 0 Å². The fraction of sp³-hybridized carbons (Fsp3) is 0.0909. The van der Waals surface area contributed by atoms with Gasteiger partial charge in [0.2, 0.25) is 0 Å². The summed E-state index contributed by atoms with van der Waals surface area (Å²) in [6, 6.07) is 23.7. The van der Waals surface area contributed by atoms with Crippen LogP contribution in [0.25, 0.3) is 11.1 Å². The van der Waals surface area contributed by atoms with E-state index in [1.165, 1.54) is 0 Å². The summed E-state index contributed by atoms with van der Waals surface area (Å²) in [6.07, 6.45) is -0.504. The van der Waals surface area contributed by atoms with Crippen LogP contribution in [-0.2, 0) is 17.9 Å². The molecule has 0 aromatic heterocycles. The minimum Gasteiger partial charge on any atom is -0.478 e. The average Bonchev–Trinajstić information content (AvgIpc) is 2.71. The lowest BCUT2D eigenvalue weighted by Crippen LogP contribution is -2.23. The van der Waals surface area contributed by atoms with Gasteiger partial charge in [-0.05, 0) is 34.4 Å². The number of carboxylic acids is 1. The summed E-state index contributed by atoms with van der Waals surface area (Å²) in [7, 11) is 0. The molecule has 3 rings (SSSR count). The van der Waals surface area contributed by atoms with Crippen molar-refractivity contribution in [2.75, 3.05) is 0 Å². The first-order valence-electron chi connectivity index (χ1n) is 8.49. The lowest BCUT2D eigenvalue weighted by atomic mass is 9.98. The quantitative estimate of drug-likeness (QED) is 0.679. The topological polar surface area (TPSA) is 75.6 Å². The molecular weight excluding hydrogens is 342 g/mol. The van der Waals surface area contributed by atoms with Crippen molar-refractivity contribution in [3.63, 3.8) is 0 Å². The van der Waals surface area contributed by atoms with E-state index in [2.05, 4.69) is 5.32 Å². The highest BCUT2D eigenvalue weighted by Crippen LogP contribution is 2.24. The standard InChI is InChI=1S/C22H19NO4/c24-21(25)20-12-5-4-11-19(20)18-10-6-9-17(13-18)14-23-22(26)27-15-16-7-2-1-3-8-16/h1-13H,14-15H2,(H,23,26)(H,24,25). The predicted octanol–water partition coefficient (Wildman–Crippen LogP) is 4.48. The van der Waals surface area contributed by atoms with Crippen LogP contribution in [0.2, 0.25) is 0 Å². The molecule has 1 amide bonds. The van der Waals surface area contributed by atoms with Crippen molar-refractivity contribution in [2.45, 2.75) is 13.2 Å². The first-order chi connectivity index (χ1) is 13.1. The number of carboxylic acid groups (broad SMARTS) is 1. The third kappa shape index (κ3) is 4.95. The van der Waals surface area contributed by atoms with Gasteiger partial charge in [-0.3, -0.25) is 0 Å². The molecule has 27 heavy (non-hydrogen) atoms. The van der Waals surface area contributed by atoms with Gasteiger partial charge in [-0.15, -0.1) is 0 Å². The van der Waals surface area contributed by atoms with Crippen LogP contribution < -0.4 is 5.32 Å². The smallest absolute Gasteiger partial charge is 0.407 e. The van der Waals surface area contributed by atoms with Crippen LogP contribution in [0.15, 0.2) is 78.9 Å². The molecule has 0 heterocycles. The summed E-state index contributed by atoms with van der Waals surface area (Å²) in [5.74, 6) is -0.974. The van der Waals surface area contributed by atoms with Crippen LogP contribution in [0.1, 0.15) is 21.5 Å². The third-order valence-corrected chi connectivity index (χ3v) is 4.05. The molecule has 5 nitrogen and oxygen atoms in total. The SMILES string of the molecule is O=C(NCc1cccc(-c2ccccc2C(=O)O)c1)OCc1ccccc1. The third-order valence-electron chi connectivity index (χ3n) is 4.05. The molecule has 0 atom stereocenters. The van der Waals surface area contributed by atoms with E-state index in [0.29, 0.717) is 5.56 Å². The fourth-order valence-corrected chi connectivity index (χ4v) is 2.72. The van der Waals surface area contributed by atoms with Crippen molar-refractivity contribution in [3.05, 3.63) is 95.6 Å². The highest BCUT2D eigenvalue weighted by Gasteiger charge is 2.11. The summed E-state index contributed by atoms with van der Waals surface area (Å²) >= 11 is 0. The van der Waals surface area contributed by atoms with E-state index >= 15 is 0 Å². The molecule has 3 aromatic rings. The van der Waals surface area contributed by atoms with E-state index in [0.717, 1.165) is 16.7 Å². The van der Waals surface area contributed by atoms with Crippen LogP contribution in [0.4, 0.5) is 4.79 Å². The molecule has 3 aromatic carbocycles. The molecule has 0 aliphatic carbocycles. The van der Waals surface area contributed by atoms with Gasteiger partial charge in [0, 0.05) is 6.54 Å². The number of ether oxygens (including phenoxy) is 1. The number of hydrogen-bond donors (Lipinski definition) is 2. The molecular formula is C22H19NO4. The Balaban J connectivity index is 1.63. The molecule has 0 saturated heterocycles. The number of rotatable bonds is 6. The lowest BCUT2D eigenvalue weighted by molar-refractivity contribution is 0.0697. The molecule has 0 fully saturated rings. The molecule has 0 saturated carbocycles. The second kappa shape index (κ2) is 8.67. The second-order valence-electron chi connectivity index (χ2n) is 5.97. The van der Waals surface area contributed by atoms with Crippen molar-refractivity contribution < 1.29 is 19.4 Å². The van der Waals surface area contributed by atoms with Crippen LogP contribution in [0.3, 0.4) is 0 Å². The number of carbonyl (C=O) groups is 2. The molecule has 0 aliphatic heterocycles. The summed E-state index contributed by atoms with van der Waals surface area (Å²) in [5, 5.41) is 12.1. The Hall–Kier alpha value is -3.60. The van der Waals surface area contributed by atoms with Gasteiger partial charge in [0.1, 0.15) is 6.61 Å². The van der Waals surface area contributed by atoms with Gasteiger partial charge in [-0.25, -0.2) is 9.59 Å². The van der Waals surface area contributed by atoms with E-state index in [1.54, 1.807) is 24.3 Å². The number of nitrogens with one attached hydrogen (secondary N) is 1. The molecule has 0 aliphatic rings. The maximum Gasteiger partial charge on any atom is 0.407 e. The van der Waals surface area contributed by atoms with Crippen LogP contribution in [-0.4, -0.2) is 17.2 Å². The molecule has 5 heteroatoms. The van der Waals surface area contributed by atoms with Gasteiger partial charge >= 0.3 is 12.1 Å². The number of benzene rings is 3. The van der Waals surface area contributed by atoms with Crippen molar-refractivity contribution in [1.29, 1.82) is 0 Å². The minimum absolute atomic E-state index is 0.207. The number of alkyl carbamates (subject to hydrolysis) is 1. The van der Waals surface area contributed by atoms with E-state index < -0.39 is 12.1 Å². The van der Waals surface area contributed by atoms with Gasteiger partial charge in [-0.1, -0.05) is 66.7 Å². The Morgan fingerprint density at radius 3 is 2.33 bits per heavy atom. The zero-order valence-electron chi connectivity index (χ0n) is 14.6. The fourth-order valence-electron chi connectivity index (χ4n) is 2.72. The summed E-state index contributed by atoms with van der Waals surface area (Å²) < 4.78 is 5.19. The Morgan fingerprint density at radius 2 is 1.56 bits per heavy atom. The number of carbonyl (C=O) groups excluding carboxylic acids is 1. The Bertz CT molecular complexity index is 938. The number of hydrogen-bond acceptors (Lipinski definition) is 3. The van der Waals surface area contributed by atoms with Gasteiger partial charge in [0.05, 0.1) is 5.56 Å². The molecule has 2 N–H and O–H groups in total.